The van der Waals surface area contributed by atoms with Crippen LogP contribution >= 0.6 is 0 Å². The molecule has 2 aliphatic rings. The third-order valence-electron chi connectivity index (χ3n) is 7.08. The van der Waals surface area contributed by atoms with Crippen molar-refractivity contribution in [1.82, 2.24) is 4.57 Å². The molecule has 0 bridgehead atoms. The lowest BCUT2D eigenvalue weighted by atomic mass is 9.77. The zero-order chi connectivity index (χ0) is 23.3. The van der Waals surface area contributed by atoms with E-state index in [1.807, 2.05) is 34.9 Å². The van der Waals surface area contributed by atoms with E-state index in [1.165, 1.54) is 12.3 Å². The Morgan fingerprint density at radius 3 is 2.61 bits per heavy atom. The second-order valence-corrected chi connectivity index (χ2v) is 9.60. The van der Waals surface area contributed by atoms with Gasteiger partial charge in [-0.3, -0.25) is 4.79 Å². The summed E-state index contributed by atoms with van der Waals surface area (Å²) >= 11 is 0. The molecule has 3 unspecified atom stereocenters. The number of hydrogen-bond acceptors (Lipinski definition) is 4. The van der Waals surface area contributed by atoms with Gasteiger partial charge >= 0.3 is 5.97 Å². The van der Waals surface area contributed by atoms with Crippen LogP contribution in [0, 0.1) is 5.41 Å². The molecule has 1 fully saturated rings. The van der Waals surface area contributed by atoms with Crippen molar-refractivity contribution in [2.24, 2.45) is 5.41 Å². The summed E-state index contributed by atoms with van der Waals surface area (Å²) in [7, 11) is 1.61. The fourth-order valence-electron chi connectivity index (χ4n) is 5.65. The van der Waals surface area contributed by atoms with E-state index in [-0.39, 0.29) is 29.0 Å². The van der Waals surface area contributed by atoms with Crippen molar-refractivity contribution in [3.8, 4) is 17.0 Å². The number of carbonyl (C=O) groups is 1. The summed E-state index contributed by atoms with van der Waals surface area (Å²) in [5.41, 5.74) is 2.94. The highest BCUT2D eigenvalue weighted by Crippen LogP contribution is 2.60. The van der Waals surface area contributed by atoms with Gasteiger partial charge in [0.05, 0.1) is 25.5 Å². The molecule has 3 aromatic rings. The summed E-state index contributed by atoms with van der Waals surface area (Å²) in [6.45, 7) is 4.88. The maximum atomic E-state index is 12.6. The number of aromatic carboxylic acids is 1. The van der Waals surface area contributed by atoms with E-state index < -0.39 is 11.4 Å². The van der Waals surface area contributed by atoms with Crippen LogP contribution in [-0.2, 0) is 11.3 Å². The molecular formula is C27H27NO5. The van der Waals surface area contributed by atoms with Gasteiger partial charge in [-0.25, -0.2) is 4.79 Å². The van der Waals surface area contributed by atoms with Crippen molar-refractivity contribution in [1.29, 1.82) is 0 Å². The second-order valence-electron chi connectivity index (χ2n) is 9.60. The number of hydrogen-bond donors (Lipinski definition) is 1. The summed E-state index contributed by atoms with van der Waals surface area (Å²) < 4.78 is 13.9. The van der Waals surface area contributed by atoms with Crippen molar-refractivity contribution in [3.63, 3.8) is 0 Å². The summed E-state index contributed by atoms with van der Waals surface area (Å²) in [6.07, 6.45) is 2.27. The Bertz CT molecular complexity index is 1280. The molecule has 33 heavy (non-hydrogen) atoms. The third kappa shape index (κ3) is 3.55. The van der Waals surface area contributed by atoms with Crippen molar-refractivity contribution in [3.05, 3.63) is 87.7 Å². The molecule has 1 aromatic heterocycles. The number of rotatable bonds is 5. The van der Waals surface area contributed by atoms with Crippen molar-refractivity contribution < 1.29 is 19.4 Å². The molecular weight excluding hydrogens is 418 g/mol. The van der Waals surface area contributed by atoms with Crippen LogP contribution in [0.15, 0.2) is 65.6 Å². The van der Waals surface area contributed by atoms with Crippen LogP contribution < -0.4 is 10.2 Å². The van der Waals surface area contributed by atoms with Gasteiger partial charge in [0.25, 0.3) is 0 Å². The maximum absolute atomic E-state index is 12.6. The van der Waals surface area contributed by atoms with Crippen molar-refractivity contribution >= 4 is 5.97 Å². The molecule has 1 aliphatic heterocycles. The second kappa shape index (κ2) is 7.89. The topological polar surface area (TPSA) is 77.8 Å². The summed E-state index contributed by atoms with van der Waals surface area (Å²) in [4.78, 5) is 24.4. The van der Waals surface area contributed by atoms with Crippen LogP contribution in [0.1, 0.15) is 53.7 Å². The predicted molar refractivity (Wildman–Crippen MR) is 125 cm³/mol. The molecule has 5 rings (SSSR count). The van der Waals surface area contributed by atoms with E-state index in [4.69, 9.17) is 9.47 Å². The average Bonchev–Trinajstić information content (AvgIpc) is 3.08. The van der Waals surface area contributed by atoms with E-state index in [2.05, 4.69) is 32.0 Å². The van der Waals surface area contributed by atoms with E-state index in [0.717, 1.165) is 28.8 Å². The lowest BCUT2D eigenvalue weighted by molar-refractivity contribution is 0.0276. The minimum absolute atomic E-state index is 0.0151. The maximum Gasteiger partial charge on any atom is 0.341 e. The van der Waals surface area contributed by atoms with Crippen LogP contribution in [0.5, 0.6) is 5.75 Å². The molecule has 1 saturated carbocycles. The molecule has 0 radical (unpaired) electrons. The number of benzene rings is 2. The molecule has 1 aliphatic carbocycles. The number of aromatic nitrogens is 1. The van der Waals surface area contributed by atoms with E-state index in [9.17, 15) is 14.7 Å². The first-order valence-electron chi connectivity index (χ1n) is 11.1. The summed E-state index contributed by atoms with van der Waals surface area (Å²) in [5, 5.41) is 9.62. The summed E-state index contributed by atoms with van der Waals surface area (Å²) in [5.74, 6) is -0.509. The molecule has 6 nitrogen and oxygen atoms in total. The zero-order valence-corrected chi connectivity index (χ0v) is 18.9. The molecule has 0 spiro atoms. The summed E-state index contributed by atoms with van der Waals surface area (Å²) in [6, 6.07) is 17.4. The molecule has 2 heterocycles. The SMILES string of the molecule is COc1ccc2c(c1)-c1cc(=O)c(C(=O)O)cn1C1C2C(OCc2ccccc2)CC1(C)C. The molecule has 6 heteroatoms. The minimum atomic E-state index is -1.21. The first kappa shape index (κ1) is 21.5. The van der Waals surface area contributed by atoms with E-state index in [0.29, 0.717) is 12.4 Å². The van der Waals surface area contributed by atoms with Crippen LogP contribution in [0.3, 0.4) is 0 Å². The predicted octanol–water partition coefficient (Wildman–Crippen LogP) is 4.88. The standard InChI is InChI=1S/C27H27NO5/c1-27(2)13-23(33-15-16-7-5-4-6-8-16)24-18-10-9-17(32-3)11-19(18)21-12-22(29)20(26(30)31)14-28(21)25(24)27/h4-12,14,23-25H,13,15H2,1-3H3,(H,30,31). The van der Waals surface area contributed by atoms with Crippen molar-refractivity contribution in [2.75, 3.05) is 7.11 Å². The van der Waals surface area contributed by atoms with Gasteiger partial charge in [-0.05, 0) is 35.1 Å². The lowest BCUT2D eigenvalue weighted by Crippen LogP contribution is -2.33. The molecule has 0 saturated heterocycles. The van der Waals surface area contributed by atoms with Gasteiger partial charge in [0.1, 0.15) is 11.3 Å². The zero-order valence-electron chi connectivity index (χ0n) is 18.9. The van der Waals surface area contributed by atoms with Gasteiger partial charge in [-0.15, -0.1) is 0 Å². The number of carboxylic acids is 1. The first-order chi connectivity index (χ1) is 15.8. The minimum Gasteiger partial charge on any atom is -0.497 e. The van der Waals surface area contributed by atoms with Gasteiger partial charge in [0.2, 0.25) is 0 Å². The highest BCUT2D eigenvalue weighted by atomic mass is 16.5. The Balaban J connectivity index is 1.66. The largest absolute Gasteiger partial charge is 0.497 e. The Morgan fingerprint density at radius 2 is 1.91 bits per heavy atom. The number of fused-ring (bicyclic) bond motifs is 6. The highest BCUT2D eigenvalue weighted by Gasteiger charge is 2.53. The number of carboxylic acid groups (broad SMARTS) is 1. The van der Waals surface area contributed by atoms with Gasteiger partial charge in [0, 0.05) is 29.8 Å². The lowest BCUT2D eigenvalue weighted by Gasteiger charge is -2.40. The molecule has 2 aromatic carbocycles. The Labute approximate surface area is 192 Å². The van der Waals surface area contributed by atoms with Crippen molar-refractivity contribution in [2.45, 2.75) is 44.9 Å². The van der Waals surface area contributed by atoms with Gasteiger partial charge in [-0.1, -0.05) is 50.2 Å². The van der Waals surface area contributed by atoms with Gasteiger partial charge < -0.3 is 19.1 Å². The first-order valence-corrected chi connectivity index (χ1v) is 11.1. The van der Waals surface area contributed by atoms with Crippen LogP contribution in [-0.4, -0.2) is 28.9 Å². The molecule has 0 amide bonds. The Morgan fingerprint density at radius 1 is 1.15 bits per heavy atom. The van der Waals surface area contributed by atoms with Gasteiger partial charge in [0.15, 0.2) is 5.43 Å². The number of nitrogens with zero attached hydrogens (tertiary/aromatic N) is 1. The average molecular weight is 446 g/mol. The molecule has 170 valence electrons. The Kier molecular flexibility index (Phi) is 5.13. The van der Waals surface area contributed by atoms with Crippen LogP contribution in [0.25, 0.3) is 11.3 Å². The van der Waals surface area contributed by atoms with E-state index >= 15 is 0 Å². The fraction of sp³-hybridized carbons (Fsp3) is 0.333. The fourth-order valence-corrected chi connectivity index (χ4v) is 5.65. The van der Waals surface area contributed by atoms with Crippen LogP contribution in [0.4, 0.5) is 0 Å². The third-order valence-corrected chi connectivity index (χ3v) is 7.08. The Hall–Kier alpha value is -3.38. The number of ether oxygens (including phenoxy) is 2. The van der Waals surface area contributed by atoms with E-state index in [1.54, 1.807) is 7.11 Å². The van der Waals surface area contributed by atoms with Crippen LogP contribution in [0.2, 0.25) is 0 Å². The molecule has 3 atom stereocenters. The highest BCUT2D eigenvalue weighted by molar-refractivity contribution is 5.88. The monoisotopic (exact) mass is 445 g/mol. The van der Waals surface area contributed by atoms with Gasteiger partial charge in [-0.2, -0.15) is 0 Å². The normalized spacial score (nSPS) is 22.2. The molecule has 1 N–H and O–H groups in total. The number of pyridine rings is 1. The smallest absolute Gasteiger partial charge is 0.341 e. The number of methoxy groups -OCH3 is 1. The quantitative estimate of drug-likeness (QED) is 0.606.